The quantitative estimate of drug-likeness (QED) is 0.682. The van der Waals surface area contributed by atoms with E-state index in [1.807, 2.05) is 36.5 Å². The highest BCUT2D eigenvalue weighted by Gasteiger charge is 2.06. The van der Waals surface area contributed by atoms with Crippen molar-refractivity contribution in [3.63, 3.8) is 0 Å². The maximum absolute atomic E-state index is 5.85. The molecular weight excluding hydrogens is 254 g/mol. The van der Waals surface area contributed by atoms with E-state index in [2.05, 4.69) is 36.2 Å². The van der Waals surface area contributed by atoms with E-state index in [-0.39, 0.29) is 0 Å². The summed E-state index contributed by atoms with van der Waals surface area (Å²) in [6.07, 6.45) is 3.02. The molecule has 2 heteroatoms. The summed E-state index contributed by atoms with van der Waals surface area (Å²) in [6, 6.07) is 18.3. The molecule has 0 saturated carbocycles. The van der Waals surface area contributed by atoms with Crippen molar-refractivity contribution in [3.05, 3.63) is 70.7 Å². The number of hydrogen-bond donors (Lipinski definition) is 0. The number of aliphatic imine (C=N–C) groups is 1. The largest absolute Gasteiger partial charge is 0.292 e. The fourth-order valence-electron chi connectivity index (χ4n) is 2.03. The molecule has 2 rings (SSSR count). The third kappa shape index (κ3) is 4.22. The smallest absolute Gasteiger partial charge is 0.0458 e. The summed E-state index contributed by atoms with van der Waals surface area (Å²) in [5, 5.41) is 0.757. The SMILES string of the molecule is CCC(CN=Cc1ccc(Cl)cc1)c1ccccc1. The number of halogens is 1. The second-order valence-electron chi connectivity index (χ2n) is 4.56. The average Bonchev–Trinajstić information content (AvgIpc) is 2.46. The zero-order chi connectivity index (χ0) is 13.5. The van der Waals surface area contributed by atoms with E-state index in [1.54, 1.807) is 0 Å². The van der Waals surface area contributed by atoms with E-state index in [9.17, 15) is 0 Å². The van der Waals surface area contributed by atoms with Crippen molar-refractivity contribution < 1.29 is 0 Å². The predicted molar refractivity (Wildman–Crippen MR) is 83.4 cm³/mol. The second-order valence-corrected chi connectivity index (χ2v) is 5.00. The Kier molecular flexibility index (Phi) is 5.17. The molecular formula is C17H18ClN. The Hall–Kier alpha value is -1.60. The van der Waals surface area contributed by atoms with Gasteiger partial charge in [-0.1, -0.05) is 61.0 Å². The zero-order valence-corrected chi connectivity index (χ0v) is 11.8. The Morgan fingerprint density at radius 3 is 2.37 bits per heavy atom. The lowest BCUT2D eigenvalue weighted by Gasteiger charge is -2.12. The molecule has 0 aliphatic rings. The molecule has 0 spiro atoms. The average molecular weight is 272 g/mol. The van der Waals surface area contributed by atoms with E-state index in [0.29, 0.717) is 5.92 Å². The Morgan fingerprint density at radius 1 is 1.05 bits per heavy atom. The molecule has 1 nitrogen and oxygen atoms in total. The molecule has 2 aromatic rings. The van der Waals surface area contributed by atoms with Crippen molar-refractivity contribution in [1.29, 1.82) is 0 Å². The summed E-state index contributed by atoms with van der Waals surface area (Å²) < 4.78 is 0. The van der Waals surface area contributed by atoms with Crippen LogP contribution in [0.25, 0.3) is 0 Å². The van der Waals surface area contributed by atoms with Crippen LogP contribution in [0.5, 0.6) is 0 Å². The van der Waals surface area contributed by atoms with Crippen LogP contribution in [0.1, 0.15) is 30.4 Å². The van der Waals surface area contributed by atoms with Crippen LogP contribution in [0.15, 0.2) is 59.6 Å². The summed E-state index contributed by atoms with van der Waals surface area (Å²) in [4.78, 5) is 4.55. The molecule has 0 heterocycles. The maximum atomic E-state index is 5.85. The summed E-state index contributed by atoms with van der Waals surface area (Å²) in [5.41, 5.74) is 2.45. The molecule has 0 aromatic heterocycles. The zero-order valence-electron chi connectivity index (χ0n) is 11.1. The Labute approximate surface area is 120 Å². The molecule has 19 heavy (non-hydrogen) atoms. The minimum absolute atomic E-state index is 0.491. The minimum Gasteiger partial charge on any atom is -0.292 e. The Bertz CT molecular complexity index is 517. The van der Waals surface area contributed by atoms with Crippen LogP contribution in [0.4, 0.5) is 0 Å². The van der Waals surface area contributed by atoms with Crippen LogP contribution in [0.2, 0.25) is 5.02 Å². The highest BCUT2D eigenvalue weighted by molar-refractivity contribution is 6.30. The molecule has 0 saturated heterocycles. The van der Waals surface area contributed by atoms with Crippen molar-refractivity contribution in [2.75, 3.05) is 6.54 Å². The van der Waals surface area contributed by atoms with Gasteiger partial charge >= 0.3 is 0 Å². The second kappa shape index (κ2) is 7.10. The summed E-state index contributed by atoms with van der Waals surface area (Å²) in [6.45, 7) is 3.03. The van der Waals surface area contributed by atoms with Gasteiger partial charge in [-0.3, -0.25) is 4.99 Å². The summed E-state index contributed by atoms with van der Waals surface area (Å²) in [7, 11) is 0. The fraction of sp³-hybridized carbons (Fsp3) is 0.235. The molecule has 1 atom stereocenters. The number of hydrogen-bond acceptors (Lipinski definition) is 1. The van der Waals surface area contributed by atoms with Gasteiger partial charge in [0, 0.05) is 23.7 Å². The molecule has 0 aliphatic heterocycles. The van der Waals surface area contributed by atoms with E-state index < -0.39 is 0 Å². The molecule has 0 N–H and O–H groups in total. The third-order valence-electron chi connectivity index (χ3n) is 3.20. The third-order valence-corrected chi connectivity index (χ3v) is 3.45. The first-order valence-electron chi connectivity index (χ1n) is 6.60. The van der Waals surface area contributed by atoms with Crippen LogP contribution in [0, 0.1) is 0 Å². The maximum Gasteiger partial charge on any atom is 0.0458 e. The van der Waals surface area contributed by atoms with Gasteiger partial charge in [0.1, 0.15) is 0 Å². The van der Waals surface area contributed by atoms with Crippen molar-refractivity contribution >= 4 is 17.8 Å². The molecule has 0 radical (unpaired) electrons. The van der Waals surface area contributed by atoms with Gasteiger partial charge in [-0.15, -0.1) is 0 Å². The Balaban J connectivity index is 1.98. The van der Waals surface area contributed by atoms with Crippen molar-refractivity contribution in [2.24, 2.45) is 4.99 Å². The molecule has 0 amide bonds. The number of rotatable bonds is 5. The molecule has 98 valence electrons. The van der Waals surface area contributed by atoms with E-state index in [4.69, 9.17) is 11.6 Å². The molecule has 0 bridgehead atoms. The first kappa shape index (κ1) is 13.8. The topological polar surface area (TPSA) is 12.4 Å². The van der Waals surface area contributed by atoms with Gasteiger partial charge in [0.2, 0.25) is 0 Å². The fourth-order valence-corrected chi connectivity index (χ4v) is 2.16. The first-order chi connectivity index (χ1) is 9.29. The number of nitrogens with zero attached hydrogens (tertiary/aromatic N) is 1. The van der Waals surface area contributed by atoms with Crippen LogP contribution in [-0.4, -0.2) is 12.8 Å². The minimum atomic E-state index is 0.491. The lowest BCUT2D eigenvalue weighted by atomic mass is 9.97. The van der Waals surface area contributed by atoms with E-state index in [1.165, 1.54) is 5.56 Å². The predicted octanol–water partition coefficient (Wildman–Crippen LogP) is 4.95. The van der Waals surface area contributed by atoms with Crippen molar-refractivity contribution in [1.82, 2.24) is 0 Å². The molecule has 0 fully saturated rings. The molecule has 2 aromatic carbocycles. The molecule has 0 aliphatic carbocycles. The standard InChI is InChI=1S/C17H18ClN/c1-2-15(16-6-4-3-5-7-16)13-19-12-14-8-10-17(18)11-9-14/h3-12,15H,2,13H2,1H3. The molecule has 1 unspecified atom stereocenters. The number of benzene rings is 2. The first-order valence-corrected chi connectivity index (χ1v) is 6.97. The van der Waals surface area contributed by atoms with Gasteiger partial charge in [-0.05, 0) is 29.7 Å². The lowest BCUT2D eigenvalue weighted by Crippen LogP contribution is -2.01. The van der Waals surface area contributed by atoms with Gasteiger partial charge in [-0.25, -0.2) is 0 Å². The Morgan fingerprint density at radius 2 is 1.74 bits per heavy atom. The summed E-state index contributed by atoms with van der Waals surface area (Å²) in [5.74, 6) is 0.491. The van der Waals surface area contributed by atoms with Crippen LogP contribution < -0.4 is 0 Å². The van der Waals surface area contributed by atoms with Crippen LogP contribution in [0.3, 0.4) is 0 Å². The summed E-state index contributed by atoms with van der Waals surface area (Å²) >= 11 is 5.85. The van der Waals surface area contributed by atoms with Crippen LogP contribution >= 0.6 is 11.6 Å². The van der Waals surface area contributed by atoms with Crippen molar-refractivity contribution in [3.8, 4) is 0 Å². The van der Waals surface area contributed by atoms with Gasteiger partial charge in [0.05, 0.1) is 0 Å². The van der Waals surface area contributed by atoms with E-state index in [0.717, 1.165) is 23.6 Å². The van der Waals surface area contributed by atoms with E-state index >= 15 is 0 Å². The highest BCUT2D eigenvalue weighted by Crippen LogP contribution is 2.19. The van der Waals surface area contributed by atoms with Gasteiger partial charge in [0.25, 0.3) is 0 Å². The van der Waals surface area contributed by atoms with Gasteiger partial charge in [-0.2, -0.15) is 0 Å². The normalized spacial score (nSPS) is 12.7. The van der Waals surface area contributed by atoms with Crippen molar-refractivity contribution in [2.45, 2.75) is 19.3 Å². The monoisotopic (exact) mass is 271 g/mol. The lowest BCUT2D eigenvalue weighted by molar-refractivity contribution is 0.677. The highest BCUT2D eigenvalue weighted by atomic mass is 35.5. The van der Waals surface area contributed by atoms with Crippen LogP contribution in [-0.2, 0) is 0 Å². The van der Waals surface area contributed by atoms with Gasteiger partial charge in [0.15, 0.2) is 0 Å². The van der Waals surface area contributed by atoms with Gasteiger partial charge < -0.3 is 0 Å².